The summed E-state index contributed by atoms with van der Waals surface area (Å²) >= 11 is 0. The first-order chi connectivity index (χ1) is 24.4. The molecule has 8 bridgehead atoms. The number of likely N-dealkylation sites (tertiary alicyclic amines) is 1. The molecule has 0 radical (unpaired) electrons. The minimum Gasteiger partial charge on any atom is -0.481 e. The monoisotopic (exact) mass is 697 g/mol. The molecule has 10 heteroatoms. The highest BCUT2D eigenvalue weighted by atomic mass is 16.5. The van der Waals surface area contributed by atoms with Gasteiger partial charge in [0.25, 0.3) is 5.91 Å². The molecular formula is C41H55N5O5. The summed E-state index contributed by atoms with van der Waals surface area (Å²) in [4.78, 5) is 56.3. The van der Waals surface area contributed by atoms with Crippen molar-refractivity contribution in [3.8, 4) is 0 Å². The van der Waals surface area contributed by atoms with Crippen LogP contribution < -0.4 is 5.32 Å². The fourth-order valence-electron chi connectivity index (χ4n) is 8.74. The minimum absolute atomic E-state index is 0.0407. The summed E-state index contributed by atoms with van der Waals surface area (Å²) < 4.78 is 6.39. The predicted octanol–water partition coefficient (Wildman–Crippen LogP) is 7.73. The Morgan fingerprint density at radius 2 is 1.78 bits per heavy atom. The van der Waals surface area contributed by atoms with Crippen molar-refractivity contribution in [2.24, 2.45) is 33.7 Å². The van der Waals surface area contributed by atoms with E-state index in [4.69, 9.17) is 14.7 Å². The number of piperidine rings is 1. The van der Waals surface area contributed by atoms with Crippen molar-refractivity contribution >= 4 is 35.3 Å². The first kappa shape index (κ1) is 36.7. The molecule has 5 aliphatic heterocycles. The summed E-state index contributed by atoms with van der Waals surface area (Å²) in [6.45, 7) is 17.9. The van der Waals surface area contributed by atoms with Crippen LogP contribution in [0.25, 0.3) is 6.08 Å². The molecule has 6 rings (SSSR count). The number of fused-ring (bicyclic) bond motifs is 6. The summed E-state index contributed by atoms with van der Waals surface area (Å²) in [5.41, 5.74) is 11.8. The number of carbonyl (C=O) groups is 3. The van der Waals surface area contributed by atoms with Crippen LogP contribution in [-0.4, -0.2) is 57.3 Å². The van der Waals surface area contributed by atoms with E-state index in [2.05, 4.69) is 57.9 Å². The second kappa shape index (κ2) is 14.9. The van der Waals surface area contributed by atoms with Gasteiger partial charge in [0, 0.05) is 95.6 Å². The van der Waals surface area contributed by atoms with Gasteiger partial charge in [0.2, 0.25) is 5.91 Å². The lowest BCUT2D eigenvalue weighted by Gasteiger charge is -2.33. The maximum Gasteiger partial charge on any atom is 0.303 e. The van der Waals surface area contributed by atoms with Crippen LogP contribution in [0.15, 0.2) is 49.5 Å². The van der Waals surface area contributed by atoms with Crippen molar-refractivity contribution in [3.63, 3.8) is 0 Å². The molecule has 0 aliphatic carbocycles. The molecule has 274 valence electrons. The molecule has 2 fully saturated rings. The molecule has 1 aromatic rings. The summed E-state index contributed by atoms with van der Waals surface area (Å²) in [7, 11) is 0. The highest BCUT2D eigenvalue weighted by Crippen LogP contribution is 2.45. The molecule has 51 heavy (non-hydrogen) atoms. The van der Waals surface area contributed by atoms with E-state index in [1.165, 1.54) is 10.5 Å². The number of allylic oxidation sites excluding steroid dienone is 5. The summed E-state index contributed by atoms with van der Waals surface area (Å²) in [6, 6.07) is 0. The molecule has 6 heterocycles. The summed E-state index contributed by atoms with van der Waals surface area (Å²) in [5.74, 6) is -2.34. The number of aliphatic carboxylic acids is 1. The van der Waals surface area contributed by atoms with Gasteiger partial charge in [-0.25, -0.2) is 0 Å². The Bertz CT molecular complexity index is 1820. The van der Waals surface area contributed by atoms with Gasteiger partial charge in [0.15, 0.2) is 0 Å². The fraction of sp³-hybridized carbons (Fsp3) is 0.585. The van der Waals surface area contributed by atoms with Crippen LogP contribution >= 0.6 is 0 Å². The van der Waals surface area contributed by atoms with Crippen LogP contribution in [-0.2, 0) is 25.5 Å². The Morgan fingerprint density at radius 3 is 2.47 bits per heavy atom. The van der Waals surface area contributed by atoms with Gasteiger partial charge < -0.3 is 20.1 Å². The fourth-order valence-corrected chi connectivity index (χ4v) is 8.74. The normalized spacial score (nSPS) is 25.1. The highest BCUT2D eigenvalue weighted by molar-refractivity contribution is 6.36. The van der Waals surface area contributed by atoms with Crippen molar-refractivity contribution in [1.29, 1.82) is 0 Å². The molecular weight excluding hydrogens is 642 g/mol. The lowest BCUT2D eigenvalue weighted by molar-refractivity contribution is -0.144. The number of aromatic amines is 1. The Labute approximate surface area is 302 Å². The molecule has 0 saturated carbocycles. The summed E-state index contributed by atoms with van der Waals surface area (Å²) in [5, 5.41) is 13.4. The van der Waals surface area contributed by atoms with Gasteiger partial charge in [-0.2, -0.15) is 0 Å². The van der Waals surface area contributed by atoms with E-state index >= 15 is 0 Å². The molecule has 3 N–H and O–H groups in total. The van der Waals surface area contributed by atoms with E-state index in [0.717, 1.165) is 76.6 Å². The van der Waals surface area contributed by atoms with Crippen LogP contribution in [0.1, 0.15) is 128 Å². The van der Waals surface area contributed by atoms with Gasteiger partial charge in [-0.05, 0) is 76.2 Å². The topological polar surface area (TPSA) is 136 Å². The van der Waals surface area contributed by atoms with E-state index in [1.54, 1.807) is 0 Å². The number of aliphatic imine (C=N–C) groups is 2. The van der Waals surface area contributed by atoms with Gasteiger partial charge in [-0.1, -0.05) is 40.5 Å². The zero-order valence-corrected chi connectivity index (χ0v) is 31.7. The average molecular weight is 698 g/mol. The minimum atomic E-state index is -0.884. The largest absolute Gasteiger partial charge is 0.481 e. The molecule has 1 aromatic heterocycles. The number of ether oxygens (including phenoxy) is 1. The molecule has 0 spiro atoms. The van der Waals surface area contributed by atoms with Crippen LogP contribution in [0, 0.1) is 30.6 Å². The second-order valence-electron chi connectivity index (χ2n) is 15.0. The van der Waals surface area contributed by atoms with Gasteiger partial charge in [-0.3, -0.25) is 29.3 Å². The number of carboxylic acid groups (broad SMARTS) is 1. The second-order valence-corrected chi connectivity index (χ2v) is 15.0. The Hall–Kier alpha value is -4.05. The van der Waals surface area contributed by atoms with Crippen molar-refractivity contribution in [2.45, 2.75) is 119 Å². The number of carboxylic acids is 1. The zero-order chi connectivity index (χ0) is 36.7. The van der Waals surface area contributed by atoms with E-state index in [9.17, 15) is 19.5 Å². The number of aromatic nitrogens is 1. The average Bonchev–Trinajstić information content (AvgIpc) is 3.77. The Morgan fingerprint density at radius 1 is 1.06 bits per heavy atom. The van der Waals surface area contributed by atoms with Crippen LogP contribution in [0.3, 0.4) is 0 Å². The Kier molecular flexibility index (Phi) is 10.7. The van der Waals surface area contributed by atoms with Gasteiger partial charge in [0.1, 0.15) is 5.92 Å². The predicted molar refractivity (Wildman–Crippen MR) is 200 cm³/mol. The van der Waals surface area contributed by atoms with Crippen molar-refractivity contribution in [1.82, 2.24) is 15.2 Å². The highest BCUT2D eigenvalue weighted by Gasteiger charge is 2.50. The van der Waals surface area contributed by atoms with E-state index in [0.29, 0.717) is 55.8 Å². The number of hydrogen-bond acceptors (Lipinski definition) is 7. The molecule has 3 unspecified atom stereocenters. The third kappa shape index (κ3) is 6.60. The third-order valence-electron chi connectivity index (χ3n) is 11.8. The smallest absolute Gasteiger partial charge is 0.303 e. The first-order valence-corrected chi connectivity index (χ1v) is 19.1. The standard InChI is InChI=1S/C41H55N5O5/c1-9-12-16-46-40(49)36-24(7)31-19-32-26(11-3)21(4)28(42-32)20-33-35(25(8)51-17-13-10-2)23(6)30(43-33)18-29-22(5)27(14-15-34(47)48)38(44-29)37(41(46)50)39(36)45-31/h18,22,25-27,36,43-44H,9-17,19-20H2,1-8H3,(H,47,48)/t22-,25?,26?,27-,36?/m0/s1. The molecule has 10 nitrogen and oxygen atoms in total. The molecule has 0 aromatic carbocycles. The van der Waals surface area contributed by atoms with E-state index in [-0.39, 0.29) is 42.1 Å². The molecule has 2 amide bonds. The maximum absolute atomic E-state index is 14.5. The van der Waals surface area contributed by atoms with E-state index in [1.807, 2.05) is 13.8 Å². The Balaban J connectivity index is 1.59. The van der Waals surface area contributed by atoms with Crippen molar-refractivity contribution in [2.75, 3.05) is 13.2 Å². The lowest BCUT2D eigenvalue weighted by Crippen LogP contribution is -2.51. The number of imide groups is 1. The number of carbonyl (C=O) groups excluding carboxylic acids is 2. The lowest BCUT2D eigenvalue weighted by atomic mass is 9.80. The SMILES string of the molecule is CCCCOC(C)c1c2[nH]c(c1C)C=C1NC(=C3C(=O)N(CCCC)C(=O)C4C3=NC(=C4C)CC3=NC(=C(C)C3CC)C2)[C@@H](CCC(=O)O)[C@@H]1C. The van der Waals surface area contributed by atoms with Gasteiger partial charge >= 0.3 is 5.97 Å². The molecule has 5 aliphatic rings. The third-order valence-corrected chi connectivity index (χ3v) is 11.8. The van der Waals surface area contributed by atoms with Crippen LogP contribution in [0.4, 0.5) is 0 Å². The first-order valence-electron chi connectivity index (χ1n) is 19.1. The number of H-pyrrole nitrogens is 1. The quantitative estimate of drug-likeness (QED) is 0.151. The summed E-state index contributed by atoms with van der Waals surface area (Å²) in [6.07, 6.45) is 7.93. The number of unbranched alkanes of at least 4 members (excludes halogenated alkanes) is 2. The van der Waals surface area contributed by atoms with Crippen LogP contribution in [0.5, 0.6) is 0 Å². The van der Waals surface area contributed by atoms with Crippen molar-refractivity contribution < 1.29 is 24.2 Å². The number of nitrogens with zero attached hydrogens (tertiary/aromatic N) is 3. The molecule has 2 saturated heterocycles. The van der Waals surface area contributed by atoms with Crippen molar-refractivity contribution in [3.05, 3.63) is 62.0 Å². The number of amides is 2. The van der Waals surface area contributed by atoms with E-state index < -0.39 is 11.9 Å². The van der Waals surface area contributed by atoms with Gasteiger partial charge in [-0.15, -0.1) is 0 Å². The van der Waals surface area contributed by atoms with Crippen LogP contribution in [0.2, 0.25) is 0 Å². The van der Waals surface area contributed by atoms with Gasteiger partial charge in [0.05, 0.1) is 17.4 Å². The zero-order valence-electron chi connectivity index (χ0n) is 31.7. The maximum atomic E-state index is 14.5. The molecule has 5 atom stereocenters. The number of hydrogen-bond donors (Lipinski definition) is 3. The number of nitrogens with one attached hydrogen (secondary N) is 2. The number of rotatable bonds is 12.